The van der Waals surface area contributed by atoms with Gasteiger partial charge in [-0.2, -0.15) is 0 Å². The van der Waals surface area contributed by atoms with Gasteiger partial charge in [0.1, 0.15) is 23.7 Å². The standard InChI is InChI=1S/C26H27NO13/c1-3-15(10-18(29)14(2)27-37)5-8-22(31)38-20-12-26(35,36)13-21(24(20)40-25(33)34)39-23(32)9-6-16-4-7-17(28)19(30)11-16/h3-11,20-21,24,28-30,35-36H,1,12-13H2,2H3,(H,33,34)/b8-5+,9-6+,15-10+,18-14-. The Labute approximate surface area is 227 Å². The number of benzene rings is 1. The molecule has 1 aromatic rings. The predicted molar refractivity (Wildman–Crippen MR) is 136 cm³/mol. The molecule has 0 aromatic heterocycles. The van der Waals surface area contributed by atoms with Crippen LogP contribution in [0, 0.1) is 4.91 Å². The minimum absolute atomic E-state index is 0.152. The molecule has 0 spiro atoms. The van der Waals surface area contributed by atoms with Crippen LogP contribution in [0.15, 0.2) is 77.4 Å². The number of carbonyl (C=O) groups is 3. The molecule has 214 valence electrons. The average Bonchev–Trinajstić information content (AvgIpc) is 2.87. The SMILES string of the molecule is C=CC(/C=C/C(=O)OC1CC(O)(O)CC(OC(=O)/C=C/c2ccc(O)c(O)c2)C1OC(=O)O)=C\C(O)=C(/C)N=O. The van der Waals surface area contributed by atoms with Gasteiger partial charge >= 0.3 is 18.1 Å². The number of nitrogens with zero attached hydrogens (tertiary/aromatic N) is 1. The van der Waals surface area contributed by atoms with Gasteiger partial charge in [0.05, 0.1) is 0 Å². The highest BCUT2D eigenvalue weighted by atomic mass is 16.7. The number of hydrogen-bond acceptors (Lipinski definition) is 13. The summed E-state index contributed by atoms with van der Waals surface area (Å²) in [6, 6.07) is 3.70. The van der Waals surface area contributed by atoms with E-state index in [-0.39, 0.29) is 17.0 Å². The number of phenolic OH excluding ortho intramolecular Hbond substituents is 2. The van der Waals surface area contributed by atoms with Crippen LogP contribution in [0.1, 0.15) is 25.3 Å². The predicted octanol–water partition coefficient (Wildman–Crippen LogP) is 2.70. The first-order chi connectivity index (χ1) is 18.7. The summed E-state index contributed by atoms with van der Waals surface area (Å²) >= 11 is 0. The number of carboxylic acid groups (broad SMARTS) is 1. The van der Waals surface area contributed by atoms with Crippen LogP contribution in [0.5, 0.6) is 11.5 Å². The van der Waals surface area contributed by atoms with Crippen molar-refractivity contribution in [2.75, 3.05) is 0 Å². The molecule has 0 radical (unpaired) electrons. The van der Waals surface area contributed by atoms with Gasteiger partial charge in [0, 0.05) is 25.0 Å². The number of aromatic hydroxyl groups is 2. The van der Waals surface area contributed by atoms with Crippen LogP contribution < -0.4 is 0 Å². The van der Waals surface area contributed by atoms with E-state index in [2.05, 4.69) is 11.8 Å². The summed E-state index contributed by atoms with van der Waals surface area (Å²) in [6.45, 7) is 4.74. The molecule has 14 heteroatoms. The second-order valence-electron chi connectivity index (χ2n) is 8.51. The normalized spacial score (nSPS) is 21.4. The monoisotopic (exact) mass is 561 g/mol. The fraction of sp³-hybridized carbons (Fsp3) is 0.269. The van der Waals surface area contributed by atoms with Gasteiger partial charge in [0.2, 0.25) is 0 Å². The summed E-state index contributed by atoms with van der Waals surface area (Å²) in [5.74, 6) is -6.03. The Morgan fingerprint density at radius 2 is 1.57 bits per heavy atom. The second kappa shape index (κ2) is 13.7. The van der Waals surface area contributed by atoms with Crippen molar-refractivity contribution in [2.45, 2.75) is 43.9 Å². The number of esters is 2. The number of carbonyl (C=O) groups excluding carboxylic acids is 2. The van der Waals surface area contributed by atoms with E-state index in [9.17, 15) is 49.9 Å². The molecule has 0 aliphatic heterocycles. The average molecular weight is 561 g/mol. The number of hydrogen-bond donors (Lipinski definition) is 6. The zero-order valence-corrected chi connectivity index (χ0v) is 21.0. The van der Waals surface area contributed by atoms with Gasteiger partial charge in [-0.1, -0.05) is 18.7 Å². The molecule has 0 amide bonds. The minimum Gasteiger partial charge on any atom is -0.506 e. The molecule has 3 atom stereocenters. The maximum Gasteiger partial charge on any atom is 0.506 e. The molecule has 6 N–H and O–H groups in total. The van der Waals surface area contributed by atoms with Crippen LogP contribution in [0.2, 0.25) is 0 Å². The summed E-state index contributed by atoms with van der Waals surface area (Å²) < 4.78 is 15.1. The first-order valence-corrected chi connectivity index (χ1v) is 11.5. The molecule has 0 heterocycles. The van der Waals surface area contributed by atoms with E-state index in [0.29, 0.717) is 5.56 Å². The van der Waals surface area contributed by atoms with Crippen LogP contribution >= 0.6 is 0 Å². The first-order valence-electron chi connectivity index (χ1n) is 11.5. The summed E-state index contributed by atoms with van der Waals surface area (Å²) in [6.07, 6.45) is -1.67. The van der Waals surface area contributed by atoms with Crippen LogP contribution in [-0.2, 0) is 23.8 Å². The van der Waals surface area contributed by atoms with Gasteiger partial charge < -0.3 is 44.8 Å². The summed E-state index contributed by atoms with van der Waals surface area (Å²) in [4.78, 5) is 46.7. The Bertz CT molecular complexity index is 1280. The first kappa shape index (κ1) is 31.3. The number of allylic oxidation sites excluding steroid dienone is 5. The lowest BCUT2D eigenvalue weighted by atomic mass is 9.86. The van der Waals surface area contributed by atoms with E-state index in [1.54, 1.807) is 0 Å². The van der Waals surface area contributed by atoms with Crippen molar-refractivity contribution < 1.29 is 59.2 Å². The van der Waals surface area contributed by atoms with Crippen molar-refractivity contribution in [1.29, 1.82) is 0 Å². The quantitative estimate of drug-likeness (QED) is 0.0353. The number of aliphatic hydroxyl groups excluding tert-OH is 1. The largest absolute Gasteiger partial charge is 0.506 e. The summed E-state index contributed by atoms with van der Waals surface area (Å²) in [7, 11) is 0. The molecule has 3 unspecified atom stereocenters. The molecule has 1 aliphatic rings. The molecule has 14 nitrogen and oxygen atoms in total. The van der Waals surface area contributed by atoms with Crippen molar-refractivity contribution in [1.82, 2.24) is 0 Å². The third kappa shape index (κ3) is 9.41. The van der Waals surface area contributed by atoms with E-state index in [1.807, 2.05) is 0 Å². The number of phenols is 2. The Balaban J connectivity index is 2.23. The lowest BCUT2D eigenvalue weighted by molar-refractivity contribution is -0.252. The molecule has 2 rings (SSSR count). The molecule has 0 bridgehead atoms. The molecular formula is C26H27NO13. The van der Waals surface area contributed by atoms with Crippen LogP contribution in [0.3, 0.4) is 0 Å². The summed E-state index contributed by atoms with van der Waals surface area (Å²) in [5, 5.41) is 61.0. The van der Waals surface area contributed by atoms with Crippen LogP contribution in [0.4, 0.5) is 4.79 Å². The summed E-state index contributed by atoms with van der Waals surface area (Å²) in [5.41, 5.74) is 0.213. The lowest BCUT2D eigenvalue weighted by Gasteiger charge is -2.41. The Hall–Kier alpha value is -4.95. The van der Waals surface area contributed by atoms with Crippen molar-refractivity contribution in [3.05, 3.63) is 82.7 Å². The highest BCUT2D eigenvalue weighted by Crippen LogP contribution is 2.33. The van der Waals surface area contributed by atoms with E-state index < -0.39 is 66.5 Å². The van der Waals surface area contributed by atoms with E-state index >= 15 is 0 Å². The fourth-order valence-corrected chi connectivity index (χ4v) is 3.52. The molecule has 1 fully saturated rings. The molecule has 1 aliphatic carbocycles. The van der Waals surface area contributed by atoms with Crippen molar-refractivity contribution in [3.63, 3.8) is 0 Å². The molecule has 1 saturated carbocycles. The van der Waals surface area contributed by atoms with Gasteiger partial charge in [0.25, 0.3) is 0 Å². The zero-order chi connectivity index (χ0) is 30.0. The highest BCUT2D eigenvalue weighted by molar-refractivity contribution is 5.87. The number of nitroso groups, excluding NO2 is 1. The molecule has 0 saturated heterocycles. The second-order valence-corrected chi connectivity index (χ2v) is 8.51. The fourth-order valence-electron chi connectivity index (χ4n) is 3.52. The number of ether oxygens (including phenoxy) is 3. The van der Waals surface area contributed by atoms with Gasteiger partial charge in [-0.3, -0.25) is 0 Å². The maximum atomic E-state index is 12.5. The topological polar surface area (TPSA) is 230 Å². The van der Waals surface area contributed by atoms with Crippen LogP contribution in [-0.4, -0.2) is 72.8 Å². The minimum atomic E-state index is -2.55. The number of rotatable bonds is 10. The van der Waals surface area contributed by atoms with Gasteiger partial charge in [-0.15, -0.1) is 4.91 Å². The molecule has 40 heavy (non-hydrogen) atoms. The molecule has 1 aromatic carbocycles. The van der Waals surface area contributed by atoms with E-state index in [0.717, 1.165) is 30.4 Å². The van der Waals surface area contributed by atoms with Gasteiger partial charge in [-0.25, -0.2) is 14.4 Å². The van der Waals surface area contributed by atoms with Crippen molar-refractivity contribution in [3.8, 4) is 11.5 Å². The van der Waals surface area contributed by atoms with Gasteiger partial charge in [0.15, 0.2) is 23.4 Å². The Morgan fingerprint density at radius 1 is 0.975 bits per heavy atom. The smallest absolute Gasteiger partial charge is 0.506 e. The third-order valence-corrected chi connectivity index (χ3v) is 5.43. The highest BCUT2D eigenvalue weighted by Gasteiger charge is 2.50. The zero-order valence-electron chi connectivity index (χ0n) is 21.0. The third-order valence-electron chi connectivity index (χ3n) is 5.43. The lowest BCUT2D eigenvalue weighted by Crippen LogP contribution is -2.56. The maximum absolute atomic E-state index is 12.5. The Kier molecular flexibility index (Phi) is 10.7. The van der Waals surface area contributed by atoms with Crippen LogP contribution in [0.25, 0.3) is 6.08 Å². The van der Waals surface area contributed by atoms with Crippen molar-refractivity contribution in [2.24, 2.45) is 5.18 Å². The van der Waals surface area contributed by atoms with E-state index in [1.165, 1.54) is 31.2 Å². The Morgan fingerprint density at radius 3 is 2.10 bits per heavy atom. The van der Waals surface area contributed by atoms with E-state index in [4.69, 9.17) is 14.2 Å². The van der Waals surface area contributed by atoms with Gasteiger partial charge in [-0.05, 0) is 53.6 Å². The number of aliphatic hydroxyl groups is 3. The van der Waals surface area contributed by atoms with Crippen molar-refractivity contribution >= 4 is 24.2 Å². The molecular weight excluding hydrogens is 534 g/mol.